The minimum Gasteiger partial charge on any atom is -0.309 e. The van der Waals surface area contributed by atoms with Gasteiger partial charge in [-0.2, -0.15) is 0 Å². The Balaban J connectivity index is 0.000000133. The van der Waals surface area contributed by atoms with E-state index in [2.05, 4.69) is 441 Å². The lowest BCUT2D eigenvalue weighted by molar-refractivity contribution is 1.18. The summed E-state index contributed by atoms with van der Waals surface area (Å²) in [7, 11) is 0. The van der Waals surface area contributed by atoms with Crippen LogP contribution in [0.2, 0.25) is 0 Å². The van der Waals surface area contributed by atoms with Crippen molar-refractivity contribution in [3.63, 3.8) is 0 Å². The molecule has 0 amide bonds. The molecule has 0 bridgehead atoms. The number of fused-ring (bicyclic) bond motifs is 24. The molecule has 8 aromatic heterocycles. The quantitative estimate of drug-likeness (QED) is 0.144. The van der Waals surface area contributed by atoms with Crippen molar-refractivity contribution in [3.8, 4) is 73.5 Å². The number of hydrogen-bond acceptors (Lipinski definition) is 5. The molecule has 0 radical (unpaired) electrons. The number of thiophene rings is 1. The molecule has 132 heavy (non-hydrogen) atoms. The largest absolute Gasteiger partial charge is 0.309 e. The molecule has 29 rings (SSSR count). The van der Waals surface area contributed by atoms with Crippen molar-refractivity contribution in [2.24, 2.45) is 0 Å². The van der Waals surface area contributed by atoms with Crippen LogP contribution in [0, 0.1) is 0 Å². The monoisotopic (exact) mass is 1700 g/mol. The first-order valence-corrected chi connectivity index (χ1v) is 45.8. The maximum absolute atomic E-state index is 5.42. The molecule has 0 saturated carbocycles. The molecule has 0 spiro atoms. The van der Waals surface area contributed by atoms with Crippen molar-refractivity contribution in [2.75, 3.05) is 0 Å². The molecular formula is C122H73N9S. The molecule has 8 heterocycles. The van der Waals surface area contributed by atoms with Crippen molar-refractivity contribution < 1.29 is 0 Å². The van der Waals surface area contributed by atoms with Gasteiger partial charge in [0.25, 0.3) is 0 Å². The molecular weight excluding hydrogens is 1620 g/mol. The van der Waals surface area contributed by atoms with Crippen LogP contribution in [0.3, 0.4) is 0 Å². The Kier molecular flexibility index (Phi) is 16.2. The topological polar surface area (TPSA) is 76.2 Å². The highest BCUT2D eigenvalue weighted by molar-refractivity contribution is 7.26. The number of para-hydroxylation sites is 10. The third-order valence-corrected chi connectivity index (χ3v) is 28.6. The molecule has 0 unspecified atom stereocenters. The average molecular weight is 1700 g/mol. The Labute approximate surface area is 759 Å². The molecule has 0 aliphatic carbocycles. The Hall–Kier alpha value is -17.4. The van der Waals surface area contributed by atoms with Crippen LogP contribution in [0.1, 0.15) is 0 Å². The van der Waals surface area contributed by atoms with E-state index in [1.807, 2.05) is 35.6 Å². The van der Waals surface area contributed by atoms with E-state index >= 15 is 0 Å². The van der Waals surface area contributed by atoms with Crippen LogP contribution in [0.5, 0.6) is 0 Å². The predicted molar refractivity (Wildman–Crippen MR) is 555 cm³/mol. The molecule has 0 atom stereocenters. The Bertz CT molecular complexity index is 9970. The van der Waals surface area contributed by atoms with Gasteiger partial charge < -0.3 is 22.8 Å². The second-order valence-corrected chi connectivity index (χ2v) is 35.8. The van der Waals surface area contributed by atoms with Gasteiger partial charge >= 0.3 is 0 Å². The molecule has 21 aromatic carbocycles. The normalized spacial score (nSPS) is 12.1. The van der Waals surface area contributed by atoms with E-state index in [0.717, 1.165) is 112 Å². The van der Waals surface area contributed by atoms with E-state index in [1.165, 1.54) is 156 Å². The SMILES string of the molecule is c1cc(-c2nc3ccccc3nc2-c2cccc3c2sc2ccccc23)cc(-n2c3ccccc3c3cc4c(-n5c6ccccc6c6cc7ccccc7cc65)cccc4cc32)c1.c1ccc(-n2c3ccccc3c3cc(-c4nc5ccccc5nc4-c4cccc(-n5c6ccccc6c6cc7c(-n8c9ccccc9c9cc%10ccccc%10cc98)cccc7cc65)c4)ccc32)cc1. The zero-order valence-electron chi connectivity index (χ0n) is 71.1. The van der Waals surface area contributed by atoms with Crippen LogP contribution in [0.25, 0.3) is 268 Å². The molecule has 0 fully saturated rings. The van der Waals surface area contributed by atoms with Crippen LogP contribution in [-0.4, -0.2) is 42.8 Å². The van der Waals surface area contributed by atoms with Crippen molar-refractivity contribution in [1.82, 2.24) is 42.8 Å². The first kappa shape index (κ1) is 73.7. The van der Waals surface area contributed by atoms with Crippen molar-refractivity contribution in [3.05, 3.63) is 443 Å². The van der Waals surface area contributed by atoms with E-state index in [0.29, 0.717) is 0 Å². The van der Waals surface area contributed by atoms with Crippen LogP contribution in [0.4, 0.5) is 0 Å². The maximum Gasteiger partial charge on any atom is 0.0987 e. The minimum absolute atomic E-state index is 0.844. The van der Waals surface area contributed by atoms with Crippen LogP contribution in [-0.2, 0) is 0 Å². The van der Waals surface area contributed by atoms with E-state index in [9.17, 15) is 0 Å². The molecule has 0 aliphatic heterocycles. The number of nitrogens with zero attached hydrogens (tertiary/aromatic N) is 9. The number of benzene rings is 21. The number of rotatable bonds is 9. The van der Waals surface area contributed by atoms with Crippen molar-refractivity contribution >= 4 is 206 Å². The molecule has 9 nitrogen and oxygen atoms in total. The highest BCUT2D eigenvalue weighted by Gasteiger charge is 2.26. The molecule has 0 N–H and O–H groups in total. The van der Waals surface area contributed by atoms with Gasteiger partial charge in [0, 0.05) is 124 Å². The fourth-order valence-electron chi connectivity index (χ4n) is 21.5. The summed E-state index contributed by atoms with van der Waals surface area (Å²) >= 11 is 1.82. The summed E-state index contributed by atoms with van der Waals surface area (Å²) in [5.74, 6) is 0. The lowest BCUT2D eigenvalue weighted by atomic mass is 10.0. The van der Waals surface area contributed by atoms with Gasteiger partial charge in [0.05, 0.1) is 111 Å². The Morgan fingerprint density at radius 2 is 0.485 bits per heavy atom. The maximum atomic E-state index is 5.42. The van der Waals surface area contributed by atoms with Gasteiger partial charge in [0.2, 0.25) is 0 Å². The van der Waals surface area contributed by atoms with Gasteiger partial charge in [0.1, 0.15) is 0 Å². The van der Waals surface area contributed by atoms with Crippen LogP contribution >= 0.6 is 11.3 Å². The fourth-order valence-corrected chi connectivity index (χ4v) is 22.7. The highest BCUT2D eigenvalue weighted by atomic mass is 32.1. The Morgan fingerprint density at radius 3 is 0.970 bits per heavy atom. The summed E-state index contributed by atoms with van der Waals surface area (Å²) < 4.78 is 14.6. The molecule has 0 aliphatic rings. The zero-order valence-corrected chi connectivity index (χ0v) is 71.9. The standard InChI is InChI=1S/C64H39N5.C58H34N4S/c1-2-20-45(21-3-1)67-56-28-11-6-23-47(56)51-36-44(32-33-60(51)67)64-63(65-54-26-9-10-27-55(54)66-64)43-19-14-22-46(34-43)68-57-29-12-7-25-49(57)53-39-50-42(38-61(53)68)18-15-31-59(50)69-58-30-13-8-24-48(58)52-35-40-16-4-5-17-41(40)37-62(52)69;1-2-15-36-32-54-46(31-35(36)14-1)40-19-4-9-27-51(40)62(54)52-28-12-16-37-33-53-47(34-45(37)52)41-20-3-8-26-50(41)61(53)39-18-11-17-38(30-39)56-57(60-49-25-7-6-24-48(49)59-56)44-23-13-22-43-42-21-5-10-29-55(42)63-58(43)44/h1-39H;1-34H. The molecule has 10 heteroatoms. The minimum atomic E-state index is 0.844. The van der Waals surface area contributed by atoms with Gasteiger partial charge in [-0.3, -0.25) is 0 Å². The molecule has 29 aromatic rings. The van der Waals surface area contributed by atoms with E-state index in [-0.39, 0.29) is 0 Å². The first-order valence-electron chi connectivity index (χ1n) is 45.0. The number of aromatic nitrogens is 9. The van der Waals surface area contributed by atoms with E-state index in [4.69, 9.17) is 19.9 Å². The van der Waals surface area contributed by atoms with Gasteiger partial charge in [-0.25, -0.2) is 19.9 Å². The van der Waals surface area contributed by atoms with Crippen LogP contribution in [0.15, 0.2) is 443 Å². The van der Waals surface area contributed by atoms with Crippen molar-refractivity contribution in [2.45, 2.75) is 0 Å². The lowest BCUT2D eigenvalue weighted by Crippen LogP contribution is -1.98. The van der Waals surface area contributed by atoms with Gasteiger partial charge in [0.15, 0.2) is 0 Å². The van der Waals surface area contributed by atoms with E-state index < -0.39 is 0 Å². The summed E-state index contributed by atoms with van der Waals surface area (Å²) in [4.78, 5) is 21.6. The number of hydrogen-bond donors (Lipinski definition) is 0. The first-order chi connectivity index (χ1) is 65.4. The average Bonchev–Trinajstić information content (AvgIpc) is 1.56. The predicted octanol–water partition coefficient (Wildman–Crippen LogP) is 32.4. The van der Waals surface area contributed by atoms with Crippen LogP contribution < -0.4 is 0 Å². The third-order valence-electron chi connectivity index (χ3n) is 27.4. The summed E-state index contributed by atoms with van der Waals surface area (Å²) in [6.45, 7) is 0. The Morgan fingerprint density at radius 1 is 0.167 bits per heavy atom. The third kappa shape index (κ3) is 11.3. The smallest absolute Gasteiger partial charge is 0.0987 e. The van der Waals surface area contributed by atoms with Crippen molar-refractivity contribution in [1.29, 1.82) is 0 Å². The van der Waals surface area contributed by atoms with Gasteiger partial charge in [-0.1, -0.05) is 273 Å². The summed E-state index contributed by atoms with van der Waals surface area (Å²) in [5.41, 5.74) is 28.4. The lowest BCUT2D eigenvalue weighted by Gasteiger charge is -2.15. The second-order valence-electron chi connectivity index (χ2n) is 34.7. The molecule has 612 valence electrons. The summed E-state index contributed by atoms with van der Waals surface area (Å²) in [6, 6.07) is 160. The van der Waals surface area contributed by atoms with E-state index in [1.54, 1.807) is 0 Å². The molecule has 0 saturated heterocycles. The summed E-state index contributed by atoms with van der Waals surface area (Å²) in [5, 5.41) is 24.5. The zero-order chi connectivity index (χ0) is 86.3. The highest BCUT2D eigenvalue weighted by Crippen LogP contribution is 2.48. The van der Waals surface area contributed by atoms with Gasteiger partial charge in [-0.15, -0.1) is 11.3 Å². The summed E-state index contributed by atoms with van der Waals surface area (Å²) in [6.07, 6.45) is 0. The van der Waals surface area contributed by atoms with Gasteiger partial charge in [-0.05, 0) is 202 Å². The second kappa shape index (κ2) is 29.0. The fraction of sp³-hybridized carbons (Fsp3) is 0.